The number of allylic oxidation sites excluding steroid dienone is 2. The van der Waals surface area contributed by atoms with Crippen molar-refractivity contribution >= 4 is 12.2 Å². The second-order valence-corrected chi connectivity index (χ2v) is 3.69. The lowest BCUT2D eigenvalue weighted by atomic mass is 10.0. The molecule has 0 N–H and O–H groups in total. The summed E-state index contributed by atoms with van der Waals surface area (Å²) in [6, 6.07) is 2.02. The van der Waals surface area contributed by atoms with Crippen molar-refractivity contribution in [3.8, 4) is 0 Å². The molecule has 1 aromatic heterocycles. The molecule has 1 nitrogen and oxygen atoms in total. The predicted octanol–water partition coefficient (Wildman–Crippen LogP) is 1.83. The van der Waals surface area contributed by atoms with Gasteiger partial charge in [-0.25, -0.2) is 0 Å². The van der Waals surface area contributed by atoms with Gasteiger partial charge in [0, 0.05) is 5.22 Å². The SMILES string of the molecule is CC1=CC(C)C=c2occc2=CC1. The van der Waals surface area contributed by atoms with Crippen molar-refractivity contribution in [1.29, 1.82) is 0 Å². The van der Waals surface area contributed by atoms with E-state index in [1.807, 2.05) is 6.07 Å². The highest BCUT2D eigenvalue weighted by atomic mass is 16.3. The van der Waals surface area contributed by atoms with Crippen LogP contribution < -0.4 is 10.6 Å². The summed E-state index contributed by atoms with van der Waals surface area (Å²) in [6.07, 6.45) is 9.44. The van der Waals surface area contributed by atoms with Gasteiger partial charge in [-0.05, 0) is 31.4 Å². The van der Waals surface area contributed by atoms with Gasteiger partial charge in [0.15, 0.2) is 0 Å². The molecule has 1 heterocycles. The molecule has 1 heteroatoms. The second-order valence-electron chi connectivity index (χ2n) is 3.69. The van der Waals surface area contributed by atoms with Gasteiger partial charge in [-0.3, -0.25) is 0 Å². The first-order valence-corrected chi connectivity index (χ1v) is 4.68. The molecule has 0 amide bonds. The quantitative estimate of drug-likeness (QED) is 0.547. The van der Waals surface area contributed by atoms with Gasteiger partial charge in [-0.2, -0.15) is 0 Å². The van der Waals surface area contributed by atoms with Crippen LogP contribution in [0.2, 0.25) is 0 Å². The van der Waals surface area contributed by atoms with Gasteiger partial charge < -0.3 is 4.42 Å². The predicted molar refractivity (Wildman–Crippen MR) is 54.4 cm³/mol. The maximum Gasteiger partial charge on any atom is 0.130 e. The van der Waals surface area contributed by atoms with E-state index in [1.165, 1.54) is 10.8 Å². The molecule has 1 atom stereocenters. The van der Waals surface area contributed by atoms with E-state index < -0.39 is 0 Å². The molecular weight excluding hydrogens is 160 g/mol. The smallest absolute Gasteiger partial charge is 0.130 e. The second kappa shape index (κ2) is 3.25. The summed E-state index contributed by atoms with van der Waals surface area (Å²) in [6.45, 7) is 4.35. The van der Waals surface area contributed by atoms with Gasteiger partial charge in [0.1, 0.15) is 5.42 Å². The first kappa shape index (κ1) is 8.36. The van der Waals surface area contributed by atoms with Crippen LogP contribution in [0, 0.1) is 5.92 Å². The van der Waals surface area contributed by atoms with Crippen molar-refractivity contribution < 1.29 is 4.42 Å². The van der Waals surface area contributed by atoms with E-state index in [0.717, 1.165) is 11.8 Å². The van der Waals surface area contributed by atoms with Crippen molar-refractivity contribution in [2.75, 3.05) is 0 Å². The Bertz CT molecular complexity index is 434. The highest BCUT2D eigenvalue weighted by molar-refractivity contribution is 5.37. The van der Waals surface area contributed by atoms with Gasteiger partial charge in [-0.15, -0.1) is 0 Å². The van der Waals surface area contributed by atoms with Crippen molar-refractivity contribution in [1.82, 2.24) is 0 Å². The Morgan fingerprint density at radius 2 is 2.23 bits per heavy atom. The summed E-state index contributed by atoms with van der Waals surface area (Å²) in [5.41, 5.74) is 2.44. The molecule has 0 aliphatic heterocycles. The highest BCUT2D eigenvalue weighted by Gasteiger charge is 1.99. The lowest BCUT2D eigenvalue weighted by molar-refractivity contribution is 0.527. The zero-order chi connectivity index (χ0) is 9.26. The van der Waals surface area contributed by atoms with E-state index in [2.05, 4.69) is 32.1 Å². The minimum Gasteiger partial charge on any atom is -0.465 e. The number of fused-ring (bicyclic) bond motifs is 1. The molecule has 13 heavy (non-hydrogen) atoms. The Labute approximate surface area is 78.1 Å². The third-order valence-electron chi connectivity index (χ3n) is 2.33. The summed E-state index contributed by atoms with van der Waals surface area (Å²) in [5.74, 6) is 0.471. The van der Waals surface area contributed by atoms with Gasteiger partial charge >= 0.3 is 0 Å². The molecule has 1 aromatic rings. The molecule has 0 aromatic carbocycles. The minimum absolute atomic E-state index is 0.471. The van der Waals surface area contributed by atoms with Crippen LogP contribution in [0.15, 0.2) is 28.4 Å². The van der Waals surface area contributed by atoms with Crippen molar-refractivity contribution in [3.63, 3.8) is 0 Å². The van der Waals surface area contributed by atoms with Crippen LogP contribution in [0.25, 0.3) is 12.2 Å². The number of hydrogen-bond acceptors (Lipinski definition) is 1. The van der Waals surface area contributed by atoms with Gasteiger partial charge in [0.2, 0.25) is 0 Å². The fourth-order valence-corrected chi connectivity index (χ4v) is 1.71. The number of furan rings is 1. The third kappa shape index (κ3) is 1.74. The van der Waals surface area contributed by atoms with Gasteiger partial charge in [0.05, 0.1) is 6.26 Å². The fourth-order valence-electron chi connectivity index (χ4n) is 1.71. The van der Waals surface area contributed by atoms with Crippen LogP contribution in [0.4, 0.5) is 0 Å². The maximum atomic E-state index is 5.38. The van der Waals surface area contributed by atoms with Crippen LogP contribution in [0.5, 0.6) is 0 Å². The normalized spacial score (nSPS) is 21.7. The Balaban J connectivity index is 2.60. The Morgan fingerprint density at radius 1 is 1.38 bits per heavy atom. The average molecular weight is 174 g/mol. The zero-order valence-electron chi connectivity index (χ0n) is 8.08. The topological polar surface area (TPSA) is 13.1 Å². The molecule has 0 saturated carbocycles. The lowest BCUT2D eigenvalue weighted by Crippen LogP contribution is -2.21. The highest BCUT2D eigenvalue weighted by Crippen LogP contribution is 2.09. The summed E-state index contributed by atoms with van der Waals surface area (Å²) < 4.78 is 5.38. The Morgan fingerprint density at radius 3 is 3.08 bits per heavy atom. The van der Waals surface area contributed by atoms with E-state index in [1.54, 1.807) is 6.26 Å². The molecule has 0 spiro atoms. The molecule has 0 radical (unpaired) electrons. The molecule has 0 saturated heterocycles. The summed E-state index contributed by atoms with van der Waals surface area (Å²) in [5, 5.41) is 1.22. The largest absolute Gasteiger partial charge is 0.465 e. The molecule has 1 aliphatic carbocycles. The molecule has 1 aliphatic rings. The minimum atomic E-state index is 0.471. The summed E-state index contributed by atoms with van der Waals surface area (Å²) in [4.78, 5) is 0. The summed E-state index contributed by atoms with van der Waals surface area (Å²) in [7, 11) is 0. The first-order valence-electron chi connectivity index (χ1n) is 4.68. The van der Waals surface area contributed by atoms with Crippen LogP contribution in [-0.2, 0) is 0 Å². The van der Waals surface area contributed by atoms with Crippen LogP contribution in [0.3, 0.4) is 0 Å². The molecule has 2 rings (SSSR count). The van der Waals surface area contributed by atoms with Crippen LogP contribution >= 0.6 is 0 Å². The van der Waals surface area contributed by atoms with Gasteiger partial charge in [0.25, 0.3) is 0 Å². The third-order valence-corrected chi connectivity index (χ3v) is 2.33. The van der Waals surface area contributed by atoms with Crippen molar-refractivity contribution in [3.05, 3.63) is 34.6 Å². The summed E-state index contributed by atoms with van der Waals surface area (Å²) >= 11 is 0. The monoisotopic (exact) mass is 174 g/mol. The van der Waals surface area contributed by atoms with Gasteiger partial charge in [-0.1, -0.05) is 24.6 Å². The standard InChI is InChI=1S/C12H14O/c1-9-3-4-11-5-6-13-12(11)8-10(2)7-9/h4-8,10H,3H2,1-2H3. The van der Waals surface area contributed by atoms with Crippen molar-refractivity contribution in [2.45, 2.75) is 20.3 Å². The number of rotatable bonds is 0. The molecule has 0 fully saturated rings. The van der Waals surface area contributed by atoms with Crippen LogP contribution in [0.1, 0.15) is 20.3 Å². The Hall–Kier alpha value is -1.24. The fraction of sp³-hybridized carbons (Fsp3) is 0.333. The first-order chi connectivity index (χ1) is 6.25. The van der Waals surface area contributed by atoms with E-state index in [9.17, 15) is 0 Å². The van der Waals surface area contributed by atoms with E-state index in [4.69, 9.17) is 4.42 Å². The number of hydrogen-bond donors (Lipinski definition) is 0. The zero-order valence-corrected chi connectivity index (χ0v) is 8.08. The van der Waals surface area contributed by atoms with Crippen molar-refractivity contribution in [2.24, 2.45) is 5.92 Å². The van der Waals surface area contributed by atoms with E-state index in [-0.39, 0.29) is 0 Å². The Kier molecular flexibility index (Phi) is 2.09. The maximum absolute atomic E-state index is 5.38. The van der Waals surface area contributed by atoms with E-state index >= 15 is 0 Å². The molecule has 68 valence electrons. The molecule has 1 unspecified atom stereocenters. The molecule has 0 bridgehead atoms. The lowest BCUT2D eigenvalue weighted by Gasteiger charge is -2.03. The average Bonchev–Trinajstić information content (AvgIpc) is 2.45. The van der Waals surface area contributed by atoms with Crippen LogP contribution in [-0.4, -0.2) is 0 Å². The van der Waals surface area contributed by atoms with E-state index in [0.29, 0.717) is 5.92 Å². The molecular formula is C12H14O.